The van der Waals surface area contributed by atoms with Gasteiger partial charge in [-0.15, -0.1) is 0 Å². The summed E-state index contributed by atoms with van der Waals surface area (Å²) in [5.41, 5.74) is 0. The van der Waals surface area contributed by atoms with E-state index in [1.165, 1.54) is 83.5 Å². The third kappa shape index (κ3) is 20.9. The summed E-state index contributed by atoms with van der Waals surface area (Å²) in [5, 5.41) is 11.5. The number of hydrogen-bond acceptors (Lipinski definition) is 5. The van der Waals surface area contributed by atoms with E-state index in [9.17, 15) is 14.4 Å². The molecule has 0 aromatic heterocycles. The van der Waals surface area contributed by atoms with Gasteiger partial charge in [-0.05, 0) is 26.9 Å². The van der Waals surface area contributed by atoms with Crippen molar-refractivity contribution in [3.63, 3.8) is 0 Å². The number of carbonyl (C=O) groups excluding carboxylic acids is 2. The molecular weight excluding hydrogens is 432 g/mol. The average molecular weight is 485 g/mol. The first-order valence-electron chi connectivity index (χ1n) is 13.7. The van der Waals surface area contributed by atoms with Gasteiger partial charge >= 0.3 is 11.9 Å². The summed E-state index contributed by atoms with van der Waals surface area (Å²) >= 11 is 0. The molecule has 7 nitrogen and oxygen atoms in total. The maximum absolute atomic E-state index is 12.2. The highest BCUT2D eigenvalue weighted by molar-refractivity contribution is 5.82. The van der Waals surface area contributed by atoms with Crippen LogP contribution < -0.4 is 5.32 Å². The minimum absolute atomic E-state index is 0.0650. The van der Waals surface area contributed by atoms with Crippen molar-refractivity contribution in [2.75, 3.05) is 27.2 Å². The quantitative estimate of drug-likeness (QED) is 0.135. The molecule has 0 aliphatic carbocycles. The third-order valence-electron chi connectivity index (χ3n) is 6.21. The molecule has 0 radical (unpaired) electrons. The molecule has 0 saturated carbocycles. The number of likely N-dealkylation sites (N-methyl/N-ethyl adjacent to an activating group) is 1. The fraction of sp³-hybridized carbons (Fsp3) is 0.889. The first kappa shape index (κ1) is 32.4. The minimum atomic E-state index is -0.924. The highest BCUT2D eigenvalue weighted by Crippen LogP contribution is 2.13. The van der Waals surface area contributed by atoms with Crippen LogP contribution in [0.25, 0.3) is 0 Å². The molecule has 0 aliphatic heterocycles. The zero-order valence-electron chi connectivity index (χ0n) is 22.2. The van der Waals surface area contributed by atoms with Crippen LogP contribution in [0.15, 0.2) is 0 Å². The number of nitrogens with zero attached hydrogens (tertiary/aromatic N) is 1. The van der Waals surface area contributed by atoms with Crippen molar-refractivity contribution in [1.29, 1.82) is 0 Å². The van der Waals surface area contributed by atoms with E-state index in [4.69, 9.17) is 9.84 Å². The van der Waals surface area contributed by atoms with Crippen molar-refractivity contribution >= 4 is 17.8 Å². The van der Waals surface area contributed by atoms with E-state index in [-0.39, 0.29) is 37.9 Å². The number of nitrogens with one attached hydrogen (secondary N) is 1. The maximum atomic E-state index is 12.2. The summed E-state index contributed by atoms with van der Waals surface area (Å²) in [6, 6.07) is -0.507. The molecule has 0 fully saturated rings. The van der Waals surface area contributed by atoms with Gasteiger partial charge in [0, 0.05) is 12.8 Å². The molecule has 34 heavy (non-hydrogen) atoms. The van der Waals surface area contributed by atoms with Crippen LogP contribution in [0.4, 0.5) is 0 Å². The highest BCUT2D eigenvalue weighted by atomic mass is 16.5. The van der Waals surface area contributed by atoms with Crippen LogP contribution in [0, 0.1) is 0 Å². The number of carbonyl (C=O) groups is 3. The van der Waals surface area contributed by atoms with Gasteiger partial charge < -0.3 is 15.2 Å². The van der Waals surface area contributed by atoms with Crippen LogP contribution in [0.1, 0.15) is 122 Å². The lowest BCUT2D eigenvalue weighted by atomic mass is 10.0. The lowest BCUT2D eigenvalue weighted by Gasteiger charge is -2.22. The van der Waals surface area contributed by atoms with E-state index in [1.807, 2.05) is 0 Å². The van der Waals surface area contributed by atoms with Gasteiger partial charge in [-0.1, -0.05) is 96.8 Å². The Kier molecular flexibility index (Phi) is 22.0. The molecule has 0 aromatic rings. The van der Waals surface area contributed by atoms with Crippen molar-refractivity contribution in [2.45, 2.75) is 129 Å². The number of esters is 1. The topological polar surface area (TPSA) is 95.9 Å². The van der Waals surface area contributed by atoms with Gasteiger partial charge in [0.25, 0.3) is 0 Å². The Labute approximate surface area is 208 Å². The summed E-state index contributed by atoms with van der Waals surface area (Å²) < 4.78 is 5.19. The Hall–Kier alpha value is -1.63. The van der Waals surface area contributed by atoms with Crippen LogP contribution in [-0.4, -0.2) is 61.1 Å². The van der Waals surface area contributed by atoms with Gasteiger partial charge in [-0.25, -0.2) is 0 Å². The van der Waals surface area contributed by atoms with Gasteiger partial charge in [-0.3, -0.25) is 19.3 Å². The highest BCUT2D eigenvalue weighted by Gasteiger charge is 2.21. The average Bonchev–Trinajstić information content (AvgIpc) is 2.79. The summed E-state index contributed by atoms with van der Waals surface area (Å²) in [4.78, 5) is 36.4. The second-order valence-electron chi connectivity index (χ2n) is 9.62. The first-order valence-corrected chi connectivity index (χ1v) is 13.7. The molecule has 0 aliphatic rings. The molecule has 200 valence electrons. The van der Waals surface area contributed by atoms with Crippen molar-refractivity contribution in [3.8, 4) is 0 Å². The summed E-state index contributed by atoms with van der Waals surface area (Å²) in [6.07, 6.45) is 20.0. The van der Waals surface area contributed by atoms with Crippen molar-refractivity contribution in [2.24, 2.45) is 0 Å². The van der Waals surface area contributed by atoms with Gasteiger partial charge in [0.05, 0.1) is 12.6 Å². The van der Waals surface area contributed by atoms with E-state index in [0.29, 0.717) is 6.42 Å². The van der Waals surface area contributed by atoms with Gasteiger partial charge in [0.2, 0.25) is 5.91 Å². The molecule has 0 bridgehead atoms. The largest absolute Gasteiger partial charge is 0.481 e. The Bertz CT molecular complexity index is 525. The Balaban J connectivity index is 3.51. The smallest absolute Gasteiger partial charge is 0.305 e. The van der Waals surface area contributed by atoms with Crippen molar-refractivity contribution in [3.05, 3.63) is 0 Å². The Morgan fingerprint density at radius 1 is 0.765 bits per heavy atom. The Morgan fingerprint density at radius 3 is 1.68 bits per heavy atom. The van der Waals surface area contributed by atoms with Gasteiger partial charge in [0.15, 0.2) is 0 Å². The minimum Gasteiger partial charge on any atom is -0.481 e. The molecule has 0 saturated heterocycles. The molecule has 0 spiro atoms. The molecule has 0 aromatic carbocycles. The Morgan fingerprint density at radius 2 is 1.24 bits per heavy atom. The lowest BCUT2D eigenvalue weighted by Crippen LogP contribution is -2.44. The zero-order chi connectivity index (χ0) is 25.4. The second kappa shape index (κ2) is 23.1. The normalized spacial score (nSPS) is 12.0. The fourth-order valence-corrected chi connectivity index (χ4v) is 4.05. The predicted octanol–water partition coefficient (Wildman–Crippen LogP) is 5.70. The number of carboxylic acid groups (broad SMARTS) is 1. The molecule has 2 N–H and O–H groups in total. The summed E-state index contributed by atoms with van der Waals surface area (Å²) in [7, 11) is 3.48. The SMILES string of the molecule is CCCCCCCCCCCCCCCCCC(=O)OCCNC(=O)C(CCC(=O)O)N(C)C. The maximum Gasteiger partial charge on any atom is 0.305 e. The lowest BCUT2D eigenvalue weighted by molar-refractivity contribution is -0.144. The number of hydrogen-bond donors (Lipinski definition) is 2. The fourth-order valence-electron chi connectivity index (χ4n) is 4.05. The first-order chi connectivity index (χ1) is 16.4. The number of amides is 1. The predicted molar refractivity (Wildman–Crippen MR) is 138 cm³/mol. The summed E-state index contributed by atoms with van der Waals surface area (Å²) in [6.45, 7) is 2.64. The number of carboxylic acids is 1. The molecule has 0 rings (SSSR count). The number of ether oxygens (including phenoxy) is 1. The van der Waals surface area contributed by atoms with Gasteiger partial charge in [-0.2, -0.15) is 0 Å². The van der Waals surface area contributed by atoms with Crippen LogP contribution in [-0.2, 0) is 19.1 Å². The van der Waals surface area contributed by atoms with Crippen LogP contribution >= 0.6 is 0 Å². The molecule has 1 amide bonds. The van der Waals surface area contributed by atoms with Crippen LogP contribution in [0.3, 0.4) is 0 Å². The number of aliphatic carboxylic acids is 1. The van der Waals surface area contributed by atoms with E-state index in [0.717, 1.165) is 12.8 Å². The second-order valence-corrected chi connectivity index (χ2v) is 9.62. The van der Waals surface area contributed by atoms with Gasteiger partial charge in [0.1, 0.15) is 6.61 Å². The molecule has 7 heteroatoms. The number of rotatable bonds is 24. The van der Waals surface area contributed by atoms with E-state index < -0.39 is 12.0 Å². The van der Waals surface area contributed by atoms with Crippen molar-refractivity contribution in [1.82, 2.24) is 10.2 Å². The third-order valence-corrected chi connectivity index (χ3v) is 6.21. The molecule has 0 heterocycles. The summed E-state index contributed by atoms with van der Waals surface area (Å²) in [5.74, 6) is -1.39. The van der Waals surface area contributed by atoms with Crippen molar-refractivity contribution < 1.29 is 24.2 Å². The number of unbranched alkanes of at least 4 members (excludes halogenated alkanes) is 14. The van der Waals surface area contributed by atoms with E-state index in [2.05, 4.69) is 12.2 Å². The molecule has 1 atom stereocenters. The van der Waals surface area contributed by atoms with Crippen LogP contribution in [0.2, 0.25) is 0 Å². The van der Waals surface area contributed by atoms with E-state index in [1.54, 1.807) is 19.0 Å². The standard InChI is InChI=1S/C27H52N2O5/c1-4-5-6-7-8-9-10-11-12-13-14-15-16-17-18-19-26(32)34-23-22-28-27(33)24(29(2)3)20-21-25(30)31/h24H,4-23H2,1-3H3,(H,28,33)(H,30,31). The zero-order valence-corrected chi connectivity index (χ0v) is 22.2. The van der Waals surface area contributed by atoms with E-state index >= 15 is 0 Å². The monoisotopic (exact) mass is 484 g/mol. The molecule has 1 unspecified atom stereocenters. The van der Waals surface area contributed by atoms with Crippen LogP contribution in [0.5, 0.6) is 0 Å². The molecular formula is C27H52N2O5.